The van der Waals surface area contributed by atoms with Crippen LogP contribution in [0.4, 0.5) is 5.69 Å². The van der Waals surface area contributed by atoms with Gasteiger partial charge in [0.1, 0.15) is 5.69 Å². The molecule has 1 aliphatic heterocycles. The maximum absolute atomic E-state index is 12.3. The van der Waals surface area contributed by atoms with Crippen LogP contribution < -0.4 is 5.32 Å². The van der Waals surface area contributed by atoms with E-state index in [1.54, 1.807) is 12.3 Å². The SMILES string of the molecule is CNc1ccc(C(=O)N2CCN(C)CC2C)nc1. The van der Waals surface area contributed by atoms with Gasteiger partial charge in [-0.1, -0.05) is 0 Å². The highest BCUT2D eigenvalue weighted by atomic mass is 16.2. The quantitative estimate of drug-likeness (QED) is 0.845. The van der Waals surface area contributed by atoms with E-state index in [1.807, 2.05) is 18.0 Å². The van der Waals surface area contributed by atoms with Crippen LogP contribution in [0.5, 0.6) is 0 Å². The lowest BCUT2D eigenvalue weighted by molar-refractivity contribution is 0.0528. The fourth-order valence-electron chi connectivity index (χ4n) is 2.26. The summed E-state index contributed by atoms with van der Waals surface area (Å²) in [6, 6.07) is 3.89. The minimum absolute atomic E-state index is 0.0262. The van der Waals surface area contributed by atoms with Crippen LogP contribution >= 0.6 is 0 Å². The average molecular weight is 248 g/mol. The largest absolute Gasteiger partial charge is 0.387 e. The minimum atomic E-state index is 0.0262. The van der Waals surface area contributed by atoms with Gasteiger partial charge in [-0.2, -0.15) is 0 Å². The first-order chi connectivity index (χ1) is 8.61. The van der Waals surface area contributed by atoms with Crippen molar-refractivity contribution >= 4 is 11.6 Å². The lowest BCUT2D eigenvalue weighted by Gasteiger charge is -2.38. The highest BCUT2D eigenvalue weighted by Gasteiger charge is 2.26. The van der Waals surface area contributed by atoms with Gasteiger partial charge in [-0.15, -0.1) is 0 Å². The van der Waals surface area contributed by atoms with Gasteiger partial charge >= 0.3 is 0 Å². The second kappa shape index (κ2) is 5.35. The summed E-state index contributed by atoms with van der Waals surface area (Å²) in [5.74, 6) is 0.0262. The first kappa shape index (κ1) is 12.8. The minimum Gasteiger partial charge on any atom is -0.387 e. The third kappa shape index (κ3) is 2.61. The molecule has 0 aromatic carbocycles. The molecule has 1 saturated heterocycles. The summed E-state index contributed by atoms with van der Waals surface area (Å²) in [7, 11) is 3.92. The number of hydrogen-bond acceptors (Lipinski definition) is 4. The van der Waals surface area contributed by atoms with Crippen molar-refractivity contribution in [2.75, 3.05) is 39.0 Å². The summed E-state index contributed by atoms with van der Waals surface area (Å²) < 4.78 is 0. The summed E-state index contributed by atoms with van der Waals surface area (Å²) in [6.07, 6.45) is 1.69. The Labute approximate surface area is 108 Å². The molecule has 1 aliphatic rings. The molecule has 98 valence electrons. The molecule has 2 rings (SSSR count). The van der Waals surface area contributed by atoms with Crippen molar-refractivity contribution in [3.63, 3.8) is 0 Å². The average Bonchev–Trinajstić information content (AvgIpc) is 2.38. The first-order valence-electron chi connectivity index (χ1n) is 6.25. The van der Waals surface area contributed by atoms with E-state index < -0.39 is 0 Å². The Morgan fingerprint density at radius 2 is 2.22 bits per heavy atom. The molecule has 5 heteroatoms. The Balaban J connectivity index is 2.10. The third-order valence-electron chi connectivity index (χ3n) is 3.36. The van der Waals surface area contributed by atoms with Crippen molar-refractivity contribution in [3.05, 3.63) is 24.0 Å². The highest BCUT2D eigenvalue weighted by molar-refractivity contribution is 5.92. The van der Waals surface area contributed by atoms with Gasteiger partial charge in [0, 0.05) is 32.7 Å². The molecular formula is C13H20N4O. The van der Waals surface area contributed by atoms with E-state index in [0.29, 0.717) is 5.69 Å². The first-order valence-corrected chi connectivity index (χ1v) is 6.25. The van der Waals surface area contributed by atoms with Gasteiger partial charge in [0.05, 0.1) is 11.9 Å². The molecule has 5 nitrogen and oxygen atoms in total. The van der Waals surface area contributed by atoms with Crippen molar-refractivity contribution in [1.29, 1.82) is 0 Å². The number of carbonyl (C=O) groups excluding carboxylic acids is 1. The zero-order valence-electron chi connectivity index (χ0n) is 11.2. The van der Waals surface area contributed by atoms with Gasteiger partial charge < -0.3 is 15.1 Å². The maximum atomic E-state index is 12.3. The molecule has 0 aliphatic carbocycles. The summed E-state index contributed by atoms with van der Waals surface area (Å²) in [6.45, 7) is 4.69. The molecule has 0 radical (unpaired) electrons. The number of hydrogen-bond donors (Lipinski definition) is 1. The topological polar surface area (TPSA) is 48.5 Å². The predicted octanol–water partition coefficient (Wildman–Crippen LogP) is 0.899. The van der Waals surface area contributed by atoms with E-state index in [0.717, 1.165) is 25.3 Å². The van der Waals surface area contributed by atoms with Gasteiger partial charge in [-0.25, -0.2) is 4.98 Å². The van der Waals surface area contributed by atoms with E-state index in [-0.39, 0.29) is 11.9 Å². The van der Waals surface area contributed by atoms with E-state index in [2.05, 4.69) is 29.2 Å². The van der Waals surface area contributed by atoms with Crippen LogP contribution in [0.1, 0.15) is 17.4 Å². The van der Waals surface area contributed by atoms with E-state index in [9.17, 15) is 4.79 Å². The lowest BCUT2D eigenvalue weighted by atomic mass is 10.1. The number of aromatic nitrogens is 1. The Morgan fingerprint density at radius 3 is 2.78 bits per heavy atom. The van der Waals surface area contributed by atoms with Crippen LogP contribution in [0.3, 0.4) is 0 Å². The molecule has 1 unspecified atom stereocenters. The Hall–Kier alpha value is -1.62. The number of nitrogens with zero attached hydrogens (tertiary/aromatic N) is 3. The molecule has 1 amide bonds. The van der Waals surface area contributed by atoms with Crippen molar-refractivity contribution < 1.29 is 4.79 Å². The molecule has 1 atom stereocenters. The molecule has 0 bridgehead atoms. The number of amides is 1. The second-order valence-electron chi connectivity index (χ2n) is 4.79. The van der Waals surface area contributed by atoms with E-state index in [1.165, 1.54) is 0 Å². The smallest absolute Gasteiger partial charge is 0.272 e. The van der Waals surface area contributed by atoms with Crippen LogP contribution in [0.2, 0.25) is 0 Å². The number of likely N-dealkylation sites (N-methyl/N-ethyl adjacent to an activating group) is 1. The Morgan fingerprint density at radius 1 is 1.44 bits per heavy atom. The lowest BCUT2D eigenvalue weighted by Crippen LogP contribution is -2.52. The number of piperazine rings is 1. The van der Waals surface area contributed by atoms with Crippen molar-refractivity contribution in [2.45, 2.75) is 13.0 Å². The van der Waals surface area contributed by atoms with Crippen LogP contribution in [0.25, 0.3) is 0 Å². The summed E-state index contributed by atoms with van der Waals surface area (Å²) in [5, 5.41) is 2.99. The van der Waals surface area contributed by atoms with Gasteiger partial charge in [-0.05, 0) is 26.1 Å². The van der Waals surface area contributed by atoms with E-state index >= 15 is 0 Å². The standard InChI is InChI=1S/C13H20N4O/c1-10-9-16(3)6-7-17(10)13(18)12-5-4-11(14-2)8-15-12/h4-5,8,10,14H,6-7,9H2,1-3H3. The molecule has 18 heavy (non-hydrogen) atoms. The molecule has 1 N–H and O–H groups in total. The molecular weight excluding hydrogens is 228 g/mol. The molecule has 1 fully saturated rings. The third-order valence-corrected chi connectivity index (χ3v) is 3.36. The number of nitrogens with one attached hydrogen (secondary N) is 1. The number of anilines is 1. The molecule has 0 saturated carbocycles. The van der Waals surface area contributed by atoms with Crippen LogP contribution in [-0.2, 0) is 0 Å². The summed E-state index contributed by atoms with van der Waals surface area (Å²) >= 11 is 0. The fourth-order valence-corrected chi connectivity index (χ4v) is 2.26. The fraction of sp³-hybridized carbons (Fsp3) is 0.538. The second-order valence-corrected chi connectivity index (χ2v) is 4.79. The predicted molar refractivity (Wildman–Crippen MR) is 71.8 cm³/mol. The van der Waals surface area contributed by atoms with Gasteiger partial charge in [-0.3, -0.25) is 4.79 Å². The van der Waals surface area contributed by atoms with Gasteiger partial charge in [0.2, 0.25) is 0 Å². The highest BCUT2D eigenvalue weighted by Crippen LogP contribution is 2.13. The zero-order chi connectivity index (χ0) is 13.1. The number of rotatable bonds is 2. The van der Waals surface area contributed by atoms with Crippen molar-refractivity contribution in [3.8, 4) is 0 Å². The van der Waals surface area contributed by atoms with Gasteiger partial charge in [0.25, 0.3) is 5.91 Å². The number of pyridine rings is 1. The summed E-state index contributed by atoms with van der Waals surface area (Å²) in [4.78, 5) is 20.7. The summed E-state index contributed by atoms with van der Waals surface area (Å²) in [5.41, 5.74) is 1.43. The maximum Gasteiger partial charge on any atom is 0.272 e. The van der Waals surface area contributed by atoms with Crippen molar-refractivity contribution in [2.24, 2.45) is 0 Å². The molecule has 0 spiro atoms. The molecule has 2 heterocycles. The van der Waals surface area contributed by atoms with Crippen LogP contribution in [0, 0.1) is 0 Å². The Bertz CT molecular complexity index is 418. The monoisotopic (exact) mass is 248 g/mol. The Kier molecular flexibility index (Phi) is 3.81. The molecule has 1 aromatic heterocycles. The molecule has 1 aromatic rings. The van der Waals surface area contributed by atoms with Crippen molar-refractivity contribution in [1.82, 2.24) is 14.8 Å². The van der Waals surface area contributed by atoms with E-state index in [4.69, 9.17) is 0 Å². The normalized spacial score (nSPS) is 20.8. The number of carbonyl (C=O) groups is 1. The van der Waals surface area contributed by atoms with Crippen LogP contribution in [0.15, 0.2) is 18.3 Å². The van der Waals surface area contributed by atoms with Crippen LogP contribution in [-0.4, -0.2) is 60.5 Å². The zero-order valence-corrected chi connectivity index (χ0v) is 11.2. The van der Waals surface area contributed by atoms with Gasteiger partial charge in [0.15, 0.2) is 0 Å².